The largest absolute Gasteiger partial charge is 0.497 e. The number of rotatable bonds is 7. The molecule has 0 radical (unpaired) electrons. The average Bonchev–Trinajstić information content (AvgIpc) is 2.78. The molecule has 3 aromatic rings. The molecule has 29 heavy (non-hydrogen) atoms. The Balaban J connectivity index is 1.65. The molecule has 3 rings (SSSR count). The smallest absolute Gasteiger partial charge is 0.244 e. The van der Waals surface area contributed by atoms with Gasteiger partial charge in [0, 0.05) is 11.6 Å². The van der Waals surface area contributed by atoms with Crippen LogP contribution in [0.3, 0.4) is 0 Å². The summed E-state index contributed by atoms with van der Waals surface area (Å²) in [6, 6.07) is 23.8. The Kier molecular flexibility index (Phi) is 6.69. The molecule has 1 amide bonds. The van der Waals surface area contributed by atoms with Crippen LogP contribution in [0.4, 0.5) is 0 Å². The monoisotopic (exact) mass is 387 g/mol. The lowest BCUT2D eigenvalue weighted by atomic mass is 10.0. The second kappa shape index (κ2) is 9.60. The summed E-state index contributed by atoms with van der Waals surface area (Å²) in [6.45, 7) is 1.97. The van der Waals surface area contributed by atoms with Crippen molar-refractivity contribution >= 4 is 12.0 Å². The number of ether oxygens (including phenoxy) is 2. The summed E-state index contributed by atoms with van der Waals surface area (Å²) >= 11 is 0. The second-order valence-corrected chi connectivity index (χ2v) is 6.66. The minimum Gasteiger partial charge on any atom is -0.497 e. The van der Waals surface area contributed by atoms with Crippen LogP contribution >= 0.6 is 0 Å². The van der Waals surface area contributed by atoms with Crippen molar-refractivity contribution in [1.82, 2.24) is 5.32 Å². The lowest BCUT2D eigenvalue weighted by Gasteiger charge is -2.14. The van der Waals surface area contributed by atoms with E-state index in [9.17, 15) is 4.79 Å². The molecule has 0 aromatic heterocycles. The van der Waals surface area contributed by atoms with Gasteiger partial charge in [-0.05, 0) is 47.9 Å². The zero-order valence-electron chi connectivity index (χ0n) is 16.9. The van der Waals surface area contributed by atoms with Gasteiger partial charge in [0.2, 0.25) is 5.91 Å². The number of methoxy groups -OCH3 is 2. The van der Waals surface area contributed by atoms with Crippen LogP contribution < -0.4 is 14.8 Å². The average molecular weight is 387 g/mol. The van der Waals surface area contributed by atoms with Gasteiger partial charge in [-0.2, -0.15) is 0 Å². The van der Waals surface area contributed by atoms with Gasteiger partial charge < -0.3 is 14.8 Å². The molecule has 1 atom stereocenters. The van der Waals surface area contributed by atoms with Crippen molar-refractivity contribution in [1.29, 1.82) is 0 Å². The highest BCUT2D eigenvalue weighted by Crippen LogP contribution is 2.25. The predicted octanol–water partition coefficient (Wildman–Crippen LogP) is 5.26. The summed E-state index contributed by atoms with van der Waals surface area (Å²) in [5.74, 6) is 1.21. The Morgan fingerprint density at radius 1 is 0.897 bits per heavy atom. The SMILES string of the molecule is COc1ccc(OC)c(/C=C/C(=O)N[C@H](C)c2ccc(-c3ccccc3)cc2)c1. The fraction of sp³-hybridized carbons (Fsp3) is 0.160. The zero-order valence-corrected chi connectivity index (χ0v) is 16.9. The van der Waals surface area contributed by atoms with Gasteiger partial charge in [0.05, 0.1) is 20.3 Å². The van der Waals surface area contributed by atoms with Gasteiger partial charge in [-0.25, -0.2) is 0 Å². The first kappa shape index (κ1) is 20.2. The van der Waals surface area contributed by atoms with Gasteiger partial charge in [-0.15, -0.1) is 0 Å². The molecule has 4 heteroatoms. The Morgan fingerprint density at radius 2 is 1.59 bits per heavy atom. The van der Waals surface area contributed by atoms with Gasteiger partial charge in [0.15, 0.2) is 0 Å². The van der Waals surface area contributed by atoms with Crippen LogP contribution in [0.15, 0.2) is 78.9 Å². The van der Waals surface area contributed by atoms with Crippen molar-refractivity contribution in [3.05, 3.63) is 90.0 Å². The van der Waals surface area contributed by atoms with Gasteiger partial charge in [0.25, 0.3) is 0 Å². The first-order valence-electron chi connectivity index (χ1n) is 9.46. The Morgan fingerprint density at radius 3 is 2.24 bits per heavy atom. The number of hydrogen-bond donors (Lipinski definition) is 1. The number of nitrogens with one attached hydrogen (secondary N) is 1. The van der Waals surface area contributed by atoms with Gasteiger partial charge in [0.1, 0.15) is 11.5 Å². The molecule has 0 aliphatic carbocycles. The van der Waals surface area contributed by atoms with E-state index in [0.717, 1.165) is 16.7 Å². The molecule has 0 unspecified atom stereocenters. The van der Waals surface area contributed by atoms with Gasteiger partial charge >= 0.3 is 0 Å². The molecular formula is C25H25NO3. The van der Waals surface area contributed by atoms with E-state index >= 15 is 0 Å². The first-order chi connectivity index (χ1) is 14.1. The maximum Gasteiger partial charge on any atom is 0.244 e. The normalized spacial score (nSPS) is 11.8. The molecule has 0 bridgehead atoms. The summed E-state index contributed by atoms with van der Waals surface area (Å²) in [5.41, 5.74) is 4.15. The molecule has 0 aliphatic rings. The lowest BCUT2D eigenvalue weighted by Crippen LogP contribution is -2.24. The van der Waals surface area contributed by atoms with E-state index in [-0.39, 0.29) is 11.9 Å². The quantitative estimate of drug-likeness (QED) is 0.563. The van der Waals surface area contributed by atoms with E-state index in [2.05, 4.69) is 29.6 Å². The van der Waals surface area contributed by atoms with Crippen LogP contribution in [0, 0.1) is 0 Å². The fourth-order valence-corrected chi connectivity index (χ4v) is 3.07. The van der Waals surface area contributed by atoms with Crippen molar-refractivity contribution in [2.24, 2.45) is 0 Å². The van der Waals surface area contributed by atoms with Crippen molar-refractivity contribution < 1.29 is 14.3 Å². The molecule has 0 saturated heterocycles. The highest BCUT2D eigenvalue weighted by Gasteiger charge is 2.09. The predicted molar refractivity (Wildman–Crippen MR) is 117 cm³/mol. The van der Waals surface area contributed by atoms with Crippen LogP contribution in [-0.4, -0.2) is 20.1 Å². The summed E-state index contributed by atoms with van der Waals surface area (Å²) in [7, 11) is 3.20. The van der Waals surface area contributed by atoms with E-state index in [1.54, 1.807) is 20.3 Å². The van der Waals surface area contributed by atoms with Crippen molar-refractivity contribution in [2.75, 3.05) is 14.2 Å². The van der Waals surface area contributed by atoms with Crippen molar-refractivity contribution in [3.8, 4) is 22.6 Å². The molecule has 0 aliphatic heterocycles. The molecular weight excluding hydrogens is 362 g/mol. The zero-order chi connectivity index (χ0) is 20.6. The van der Waals surface area contributed by atoms with Crippen LogP contribution in [-0.2, 0) is 4.79 Å². The topological polar surface area (TPSA) is 47.6 Å². The minimum absolute atomic E-state index is 0.107. The van der Waals surface area contributed by atoms with Gasteiger partial charge in [-0.3, -0.25) is 4.79 Å². The third-order valence-electron chi connectivity index (χ3n) is 4.73. The Bertz CT molecular complexity index is 979. The lowest BCUT2D eigenvalue weighted by molar-refractivity contribution is -0.117. The van der Waals surface area contributed by atoms with E-state index in [1.807, 2.05) is 55.5 Å². The first-order valence-corrected chi connectivity index (χ1v) is 9.46. The highest BCUT2D eigenvalue weighted by molar-refractivity contribution is 5.92. The molecule has 0 fully saturated rings. The van der Waals surface area contributed by atoms with Gasteiger partial charge in [-0.1, -0.05) is 54.6 Å². The maximum absolute atomic E-state index is 12.4. The number of benzene rings is 3. The maximum atomic E-state index is 12.4. The van der Waals surface area contributed by atoms with Crippen LogP contribution in [0.1, 0.15) is 24.1 Å². The third-order valence-corrected chi connectivity index (χ3v) is 4.73. The fourth-order valence-electron chi connectivity index (χ4n) is 3.07. The number of amides is 1. The number of carbonyl (C=O) groups is 1. The summed E-state index contributed by atoms with van der Waals surface area (Å²) in [5, 5.41) is 2.99. The third kappa shape index (κ3) is 5.26. The Hall–Kier alpha value is -3.53. The van der Waals surface area contributed by atoms with E-state index in [4.69, 9.17) is 9.47 Å². The van der Waals surface area contributed by atoms with Crippen LogP contribution in [0.25, 0.3) is 17.2 Å². The number of hydrogen-bond acceptors (Lipinski definition) is 3. The summed E-state index contributed by atoms with van der Waals surface area (Å²) in [4.78, 5) is 12.4. The van der Waals surface area contributed by atoms with E-state index < -0.39 is 0 Å². The van der Waals surface area contributed by atoms with Crippen LogP contribution in [0.2, 0.25) is 0 Å². The van der Waals surface area contributed by atoms with Crippen LogP contribution in [0.5, 0.6) is 11.5 Å². The van der Waals surface area contributed by atoms with Crippen molar-refractivity contribution in [2.45, 2.75) is 13.0 Å². The molecule has 0 spiro atoms. The van der Waals surface area contributed by atoms with E-state index in [0.29, 0.717) is 11.5 Å². The molecule has 0 saturated carbocycles. The molecule has 4 nitrogen and oxygen atoms in total. The van der Waals surface area contributed by atoms with E-state index in [1.165, 1.54) is 11.6 Å². The summed E-state index contributed by atoms with van der Waals surface area (Å²) in [6.07, 6.45) is 3.23. The number of carbonyl (C=O) groups excluding carboxylic acids is 1. The van der Waals surface area contributed by atoms with Crippen molar-refractivity contribution in [3.63, 3.8) is 0 Å². The second-order valence-electron chi connectivity index (χ2n) is 6.66. The molecule has 148 valence electrons. The highest BCUT2D eigenvalue weighted by atomic mass is 16.5. The molecule has 0 heterocycles. The minimum atomic E-state index is -0.172. The molecule has 3 aromatic carbocycles. The molecule has 1 N–H and O–H groups in total. The summed E-state index contributed by atoms with van der Waals surface area (Å²) < 4.78 is 10.6. The standard InChI is InChI=1S/C25H25NO3/c1-18(19-9-11-21(12-10-19)20-7-5-4-6-8-20)26-25(27)16-13-22-17-23(28-2)14-15-24(22)29-3/h4-18H,1-3H3,(H,26,27)/b16-13+/t18-/m1/s1. The Labute approximate surface area is 171 Å².